The van der Waals surface area contributed by atoms with Crippen LogP contribution in [-0.4, -0.2) is 12.0 Å². The molecule has 0 unspecified atom stereocenters. The molecule has 15 heavy (non-hydrogen) atoms. The maximum atomic E-state index is 4.39. The van der Waals surface area contributed by atoms with Gasteiger partial charge in [-0.05, 0) is 34.5 Å². The molecular formula is C11H11BrN2S. The van der Waals surface area contributed by atoms with E-state index in [4.69, 9.17) is 0 Å². The Hall–Kier alpha value is -0.870. The van der Waals surface area contributed by atoms with Crippen LogP contribution in [0.25, 0.3) is 0 Å². The fourth-order valence-corrected chi connectivity index (χ4v) is 2.67. The molecule has 0 aliphatic heterocycles. The number of hydrogen-bond donors (Lipinski definition) is 0. The second-order valence-corrected chi connectivity index (χ2v) is 4.95. The summed E-state index contributed by atoms with van der Waals surface area (Å²) in [5, 5.41) is 2.99. The molecule has 0 aliphatic rings. The Morgan fingerprint density at radius 2 is 2.07 bits per heavy atom. The van der Waals surface area contributed by atoms with Crippen LogP contribution in [0.3, 0.4) is 0 Å². The molecule has 0 amide bonds. The highest BCUT2D eigenvalue weighted by atomic mass is 79.9. The zero-order valence-electron chi connectivity index (χ0n) is 8.57. The average Bonchev–Trinajstić information content (AvgIpc) is 2.65. The Labute approximate surface area is 102 Å². The van der Waals surface area contributed by atoms with Crippen LogP contribution in [0.4, 0.5) is 10.8 Å². The van der Waals surface area contributed by atoms with E-state index in [1.165, 1.54) is 11.3 Å². The summed E-state index contributed by atoms with van der Waals surface area (Å²) < 4.78 is 0.892. The Kier molecular flexibility index (Phi) is 3.07. The molecule has 2 rings (SSSR count). The molecule has 1 aromatic heterocycles. The van der Waals surface area contributed by atoms with Gasteiger partial charge in [-0.25, -0.2) is 4.98 Å². The van der Waals surface area contributed by atoms with Crippen LogP contribution in [0.5, 0.6) is 0 Å². The summed E-state index contributed by atoms with van der Waals surface area (Å²) in [7, 11) is 2.04. The Morgan fingerprint density at radius 3 is 2.67 bits per heavy atom. The standard InChI is InChI=1S/C11H11BrN2S/c1-8-5-3-4-6-9(8)14(2)11-13-10(12)7-15-11/h3-7H,1-2H3. The van der Waals surface area contributed by atoms with Crippen molar-refractivity contribution in [3.05, 3.63) is 39.8 Å². The monoisotopic (exact) mass is 282 g/mol. The van der Waals surface area contributed by atoms with Gasteiger partial charge in [0, 0.05) is 18.1 Å². The first-order valence-electron chi connectivity index (χ1n) is 4.59. The van der Waals surface area contributed by atoms with Gasteiger partial charge in [0.1, 0.15) is 4.60 Å². The number of hydrogen-bond acceptors (Lipinski definition) is 3. The van der Waals surface area contributed by atoms with E-state index in [0.717, 1.165) is 9.73 Å². The van der Waals surface area contributed by atoms with Crippen LogP contribution in [0.15, 0.2) is 34.2 Å². The number of aryl methyl sites for hydroxylation is 1. The Balaban J connectivity index is 2.36. The molecule has 0 fully saturated rings. The average molecular weight is 283 g/mol. The van der Waals surface area contributed by atoms with Gasteiger partial charge in [0.2, 0.25) is 0 Å². The summed E-state index contributed by atoms with van der Waals surface area (Å²) in [5.74, 6) is 0. The maximum absolute atomic E-state index is 4.39. The molecule has 0 N–H and O–H groups in total. The molecule has 2 aromatic rings. The fourth-order valence-electron chi connectivity index (χ4n) is 1.44. The van der Waals surface area contributed by atoms with Crippen molar-refractivity contribution in [1.29, 1.82) is 0 Å². The van der Waals surface area contributed by atoms with Gasteiger partial charge in [0.05, 0.1) is 0 Å². The summed E-state index contributed by atoms with van der Waals surface area (Å²) in [4.78, 5) is 6.49. The molecular weight excluding hydrogens is 272 g/mol. The second kappa shape index (κ2) is 4.33. The van der Waals surface area contributed by atoms with Gasteiger partial charge in [0.15, 0.2) is 5.13 Å². The topological polar surface area (TPSA) is 16.1 Å². The van der Waals surface area contributed by atoms with Gasteiger partial charge in [-0.2, -0.15) is 0 Å². The number of thiazole rings is 1. The van der Waals surface area contributed by atoms with Gasteiger partial charge >= 0.3 is 0 Å². The number of aromatic nitrogens is 1. The lowest BCUT2D eigenvalue weighted by atomic mass is 10.2. The van der Waals surface area contributed by atoms with Crippen molar-refractivity contribution < 1.29 is 0 Å². The lowest BCUT2D eigenvalue weighted by molar-refractivity contribution is 1.14. The van der Waals surface area contributed by atoms with Crippen molar-refractivity contribution in [2.75, 3.05) is 11.9 Å². The Bertz CT molecular complexity index is 467. The van der Waals surface area contributed by atoms with Gasteiger partial charge < -0.3 is 4.90 Å². The first-order valence-corrected chi connectivity index (χ1v) is 6.26. The number of para-hydroxylation sites is 1. The van der Waals surface area contributed by atoms with Crippen LogP contribution in [0, 0.1) is 6.92 Å². The molecule has 0 bridgehead atoms. The van der Waals surface area contributed by atoms with Crippen molar-refractivity contribution in [3.8, 4) is 0 Å². The van der Waals surface area contributed by atoms with E-state index in [2.05, 4.69) is 44.9 Å². The maximum Gasteiger partial charge on any atom is 0.190 e. The van der Waals surface area contributed by atoms with Gasteiger partial charge in [-0.1, -0.05) is 18.2 Å². The van der Waals surface area contributed by atoms with Gasteiger partial charge in [0.25, 0.3) is 0 Å². The molecule has 0 saturated heterocycles. The summed E-state index contributed by atoms with van der Waals surface area (Å²) in [6, 6.07) is 8.30. The zero-order valence-corrected chi connectivity index (χ0v) is 11.0. The molecule has 4 heteroatoms. The summed E-state index contributed by atoms with van der Waals surface area (Å²) in [5.41, 5.74) is 2.45. The minimum absolute atomic E-state index is 0.892. The first kappa shape index (κ1) is 10.6. The zero-order chi connectivity index (χ0) is 10.8. The molecule has 78 valence electrons. The summed E-state index contributed by atoms with van der Waals surface area (Å²) in [6.45, 7) is 2.11. The molecule has 1 aromatic carbocycles. The fraction of sp³-hybridized carbons (Fsp3) is 0.182. The quantitative estimate of drug-likeness (QED) is 0.828. The van der Waals surface area contributed by atoms with Crippen molar-refractivity contribution in [3.63, 3.8) is 0 Å². The van der Waals surface area contributed by atoms with Crippen LogP contribution < -0.4 is 4.90 Å². The third-order valence-electron chi connectivity index (χ3n) is 2.23. The number of halogens is 1. The van der Waals surface area contributed by atoms with Gasteiger partial charge in [-0.3, -0.25) is 0 Å². The first-order chi connectivity index (χ1) is 7.18. The molecule has 0 saturated carbocycles. The lowest BCUT2D eigenvalue weighted by Crippen LogP contribution is -2.10. The number of rotatable bonds is 2. The van der Waals surface area contributed by atoms with Crippen LogP contribution in [0.1, 0.15) is 5.56 Å². The molecule has 2 nitrogen and oxygen atoms in total. The molecule has 1 heterocycles. The number of nitrogens with zero attached hydrogens (tertiary/aromatic N) is 2. The second-order valence-electron chi connectivity index (χ2n) is 3.30. The van der Waals surface area contributed by atoms with E-state index in [0.29, 0.717) is 0 Å². The van der Waals surface area contributed by atoms with E-state index in [9.17, 15) is 0 Å². The van der Waals surface area contributed by atoms with E-state index < -0.39 is 0 Å². The summed E-state index contributed by atoms with van der Waals surface area (Å²) in [6.07, 6.45) is 0. The van der Waals surface area contributed by atoms with E-state index in [1.807, 2.05) is 24.6 Å². The molecule has 0 spiro atoms. The normalized spacial score (nSPS) is 10.3. The predicted molar refractivity (Wildman–Crippen MR) is 69.1 cm³/mol. The largest absolute Gasteiger partial charge is 0.321 e. The van der Waals surface area contributed by atoms with Crippen molar-refractivity contribution >= 4 is 38.1 Å². The van der Waals surface area contributed by atoms with Crippen LogP contribution in [0.2, 0.25) is 0 Å². The molecule has 0 aliphatic carbocycles. The lowest BCUT2D eigenvalue weighted by Gasteiger charge is -2.17. The smallest absolute Gasteiger partial charge is 0.190 e. The SMILES string of the molecule is Cc1ccccc1N(C)c1nc(Br)cs1. The molecule has 0 atom stereocenters. The van der Waals surface area contributed by atoms with Crippen molar-refractivity contribution in [2.24, 2.45) is 0 Å². The van der Waals surface area contributed by atoms with Crippen LogP contribution >= 0.6 is 27.3 Å². The van der Waals surface area contributed by atoms with Crippen molar-refractivity contribution in [2.45, 2.75) is 6.92 Å². The third kappa shape index (κ3) is 2.21. The van der Waals surface area contributed by atoms with Crippen LogP contribution in [-0.2, 0) is 0 Å². The highest BCUT2D eigenvalue weighted by Crippen LogP contribution is 2.30. The van der Waals surface area contributed by atoms with Crippen molar-refractivity contribution in [1.82, 2.24) is 4.98 Å². The minimum atomic E-state index is 0.892. The van der Waals surface area contributed by atoms with Gasteiger partial charge in [-0.15, -0.1) is 11.3 Å². The third-order valence-corrected chi connectivity index (χ3v) is 3.85. The predicted octanol–water partition coefficient (Wildman–Crippen LogP) is 3.98. The highest BCUT2D eigenvalue weighted by molar-refractivity contribution is 9.10. The number of anilines is 2. The molecule has 0 radical (unpaired) electrons. The minimum Gasteiger partial charge on any atom is -0.321 e. The van der Waals surface area contributed by atoms with E-state index in [1.54, 1.807) is 11.3 Å². The van der Waals surface area contributed by atoms with E-state index >= 15 is 0 Å². The highest BCUT2D eigenvalue weighted by Gasteiger charge is 2.09. The Morgan fingerprint density at radius 1 is 1.33 bits per heavy atom. The van der Waals surface area contributed by atoms with E-state index in [-0.39, 0.29) is 0 Å². The summed E-state index contributed by atoms with van der Waals surface area (Å²) >= 11 is 4.99. The number of benzene rings is 1.